The van der Waals surface area contributed by atoms with E-state index in [0.29, 0.717) is 36.8 Å². The van der Waals surface area contributed by atoms with E-state index < -0.39 is 0 Å². The minimum absolute atomic E-state index is 0.00744. The van der Waals surface area contributed by atoms with Crippen LogP contribution in [-0.4, -0.2) is 47.2 Å². The second-order valence-electron chi connectivity index (χ2n) is 8.93. The third kappa shape index (κ3) is 4.88. The van der Waals surface area contributed by atoms with Crippen molar-refractivity contribution >= 4 is 23.2 Å². The molecule has 5 nitrogen and oxygen atoms in total. The molecular formula is C30H27ClN2O3. The fraction of sp³-hybridized carbons (Fsp3) is 0.167. The van der Waals surface area contributed by atoms with Gasteiger partial charge in [-0.05, 0) is 59.2 Å². The van der Waals surface area contributed by atoms with E-state index in [2.05, 4.69) is 4.90 Å². The molecule has 0 saturated carbocycles. The van der Waals surface area contributed by atoms with Crippen molar-refractivity contribution in [3.8, 4) is 11.5 Å². The number of nitrogens with zero attached hydrogens (tertiary/aromatic N) is 2. The molecule has 0 spiro atoms. The van der Waals surface area contributed by atoms with Crippen LogP contribution in [0.1, 0.15) is 33.0 Å². The van der Waals surface area contributed by atoms with Crippen LogP contribution in [0.25, 0.3) is 0 Å². The zero-order chi connectivity index (χ0) is 25.1. The summed E-state index contributed by atoms with van der Waals surface area (Å²) in [6, 6.07) is 29.6. The van der Waals surface area contributed by atoms with Crippen molar-refractivity contribution in [2.45, 2.75) is 5.92 Å². The number of phenols is 2. The highest BCUT2D eigenvalue weighted by Crippen LogP contribution is 2.36. The molecule has 5 rings (SSSR count). The lowest BCUT2D eigenvalue weighted by molar-refractivity contribution is 0.0745. The molecule has 1 fully saturated rings. The fourth-order valence-corrected chi connectivity index (χ4v) is 5.11. The van der Waals surface area contributed by atoms with Crippen LogP contribution in [0.5, 0.6) is 11.5 Å². The van der Waals surface area contributed by atoms with Gasteiger partial charge >= 0.3 is 0 Å². The quantitative estimate of drug-likeness (QED) is 0.336. The average Bonchev–Trinajstić information content (AvgIpc) is 2.91. The first kappa shape index (κ1) is 23.8. The number of amides is 1. The number of halogens is 1. The number of rotatable bonds is 5. The van der Waals surface area contributed by atoms with Crippen LogP contribution in [0.15, 0.2) is 97.1 Å². The summed E-state index contributed by atoms with van der Waals surface area (Å²) in [6.45, 7) is 2.61. The van der Waals surface area contributed by atoms with E-state index in [4.69, 9.17) is 11.6 Å². The van der Waals surface area contributed by atoms with E-state index in [0.717, 1.165) is 22.4 Å². The summed E-state index contributed by atoms with van der Waals surface area (Å²) in [7, 11) is 0. The van der Waals surface area contributed by atoms with Crippen LogP contribution in [0.4, 0.5) is 5.69 Å². The molecule has 0 unspecified atom stereocenters. The molecule has 36 heavy (non-hydrogen) atoms. The first-order chi connectivity index (χ1) is 17.5. The Labute approximate surface area is 215 Å². The van der Waals surface area contributed by atoms with Gasteiger partial charge in [0.25, 0.3) is 5.91 Å². The van der Waals surface area contributed by atoms with Crippen molar-refractivity contribution in [2.75, 3.05) is 31.1 Å². The Hall–Kier alpha value is -3.96. The number of anilines is 1. The molecule has 6 heteroatoms. The normalized spacial score (nSPS) is 13.7. The standard InChI is InChI=1S/C30H27ClN2O3/c31-27-7-3-4-8-28(27)32-17-19-33(20-18-32)30(36)26-6-2-1-5-25(26)29(21-9-13-23(34)14-10-21)22-11-15-24(35)16-12-22/h1-16,29,34-35H,17-20H2. The number of para-hydroxylation sites is 1. The Balaban J connectivity index is 1.45. The van der Waals surface area contributed by atoms with Crippen molar-refractivity contribution in [1.82, 2.24) is 4.90 Å². The van der Waals surface area contributed by atoms with Crippen LogP contribution in [0.3, 0.4) is 0 Å². The molecule has 0 aliphatic carbocycles. The first-order valence-electron chi connectivity index (χ1n) is 12.0. The number of hydrogen-bond donors (Lipinski definition) is 2. The maximum atomic E-state index is 13.8. The van der Waals surface area contributed by atoms with Crippen molar-refractivity contribution in [3.63, 3.8) is 0 Å². The molecule has 0 aromatic heterocycles. The van der Waals surface area contributed by atoms with E-state index >= 15 is 0 Å². The predicted octanol–water partition coefficient (Wildman–Crippen LogP) is 5.89. The molecule has 182 valence electrons. The summed E-state index contributed by atoms with van der Waals surface area (Å²) in [5.74, 6) is 0.121. The summed E-state index contributed by atoms with van der Waals surface area (Å²) < 4.78 is 0. The Morgan fingerprint density at radius 2 is 1.22 bits per heavy atom. The van der Waals surface area contributed by atoms with Gasteiger partial charge in [0.1, 0.15) is 11.5 Å². The second-order valence-corrected chi connectivity index (χ2v) is 9.34. The fourth-order valence-electron chi connectivity index (χ4n) is 4.86. The van der Waals surface area contributed by atoms with Crippen LogP contribution in [-0.2, 0) is 0 Å². The largest absolute Gasteiger partial charge is 0.508 e. The number of benzene rings is 4. The summed E-state index contributed by atoms with van der Waals surface area (Å²) in [5, 5.41) is 20.4. The molecule has 2 N–H and O–H groups in total. The van der Waals surface area contributed by atoms with Crippen LogP contribution in [0.2, 0.25) is 5.02 Å². The van der Waals surface area contributed by atoms with Gasteiger partial charge in [0.2, 0.25) is 0 Å². The van der Waals surface area contributed by atoms with E-state index in [9.17, 15) is 15.0 Å². The van der Waals surface area contributed by atoms with E-state index in [-0.39, 0.29) is 23.3 Å². The van der Waals surface area contributed by atoms with Gasteiger partial charge in [0.05, 0.1) is 10.7 Å². The summed E-state index contributed by atoms with van der Waals surface area (Å²) in [6.07, 6.45) is 0. The van der Waals surface area contributed by atoms with Crippen LogP contribution in [0, 0.1) is 0 Å². The van der Waals surface area contributed by atoms with E-state index in [1.165, 1.54) is 0 Å². The Bertz CT molecular complexity index is 1300. The van der Waals surface area contributed by atoms with Gasteiger partial charge < -0.3 is 20.0 Å². The van der Waals surface area contributed by atoms with Crippen LogP contribution < -0.4 is 4.90 Å². The van der Waals surface area contributed by atoms with Gasteiger partial charge in [0.15, 0.2) is 0 Å². The minimum atomic E-state index is -0.240. The topological polar surface area (TPSA) is 64.0 Å². The van der Waals surface area contributed by atoms with Gasteiger partial charge in [-0.2, -0.15) is 0 Å². The summed E-state index contributed by atoms with van der Waals surface area (Å²) >= 11 is 6.39. The highest BCUT2D eigenvalue weighted by Gasteiger charge is 2.28. The first-order valence-corrected chi connectivity index (χ1v) is 12.3. The SMILES string of the molecule is O=C(c1ccccc1C(c1ccc(O)cc1)c1ccc(O)cc1)N1CCN(c2ccccc2Cl)CC1. The van der Waals surface area contributed by atoms with Crippen molar-refractivity contribution in [2.24, 2.45) is 0 Å². The van der Waals surface area contributed by atoms with Crippen molar-refractivity contribution < 1.29 is 15.0 Å². The molecule has 0 atom stereocenters. The molecule has 1 saturated heterocycles. The average molecular weight is 499 g/mol. The maximum absolute atomic E-state index is 13.8. The van der Waals surface area contributed by atoms with Gasteiger partial charge in [-0.1, -0.05) is 66.2 Å². The summed E-state index contributed by atoms with van der Waals surface area (Å²) in [5.41, 5.74) is 4.42. The second kappa shape index (κ2) is 10.3. The number of carbonyl (C=O) groups is 1. The molecule has 1 aliphatic rings. The van der Waals surface area contributed by atoms with Crippen molar-refractivity contribution in [3.05, 3.63) is 124 Å². The molecule has 1 amide bonds. The predicted molar refractivity (Wildman–Crippen MR) is 143 cm³/mol. The number of hydrogen-bond acceptors (Lipinski definition) is 4. The number of aromatic hydroxyl groups is 2. The van der Waals surface area contributed by atoms with E-state index in [1.807, 2.05) is 77.7 Å². The molecule has 0 bridgehead atoms. The number of phenolic OH excluding ortho intramolecular Hbond substituents is 2. The van der Waals surface area contributed by atoms with E-state index in [1.54, 1.807) is 24.3 Å². The third-order valence-electron chi connectivity index (χ3n) is 6.72. The number of piperazine rings is 1. The minimum Gasteiger partial charge on any atom is -0.508 e. The Morgan fingerprint density at radius 3 is 1.81 bits per heavy atom. The summed E-state index contributed by atoms with van der Waals surface area (Å²) in [4.78, 5) is 17.9. The molecular weight excluding hydrogens is 472 g/mol. The molecule has 0 radical (unpaired) electrons. The van der Waals surface area contributed by atoms with Crippen LogP contribution >= 0.6 is 11.6 Å². The zero-order valence-electron chi connectivity index (χ0n) is 19.7. The van der Waals surface area contributed by atoms with Gasteiger partial charge in [-0.15, -0.1) is 0 Å². The Morgan fingerprint density at radius 1 is 0.694 bits per heavy atom. The molecule has 4 aromatic carbocycles. The Kier molecular flexibility index (Phi) is 6.83. The van der Waals surface area contributed by atoms with Crippen molar-refractivity contribution in [1.29, 1.82) is 0 Å². The van der Waals surface area contributed by atoms with Gasteiger partial charge in [-0.25, -0.2) is 0 Å². The highest BCUT2D eigenvalue weighted by molar-refractivity contribution is 6.33. The smallest absolute Gasteiger partial charge is 0.254 e. The molecule has 1 aliphatic heterocycles. The lowest BCUT2D eigenvalue weighted by Gasteiger charge is -2.37. The molecule has 1 heterocycles. The zero-order valence-corrected chi connectivity index (χ0v) is 20.5. The lowest BCUT2D eigenvalue weighted by Crippen LogP contribution is -2.49. The highest BCUT2D eigenvalue weighted by atomic mass is 35.5. The molecule has 4 aromatic rings. The number of carbonyl (C=O) groups excluding carboxylic acids is 1. The lowest BCUT2D eigenvalue weighted by atomic mass is 9.82. The third-order valence-corrected chi connectivity index (χ3v) is 7.03. The maximum Gasteiger partial charge on any atom is 0.254 e. The van der Waals surface area contributed by atoms with Gasteiger partial charge in [-0.3, -0.25) is 4.79 Å². The van der Waals surface area contributed by atoms with Gasteiger partial charge in [0, 0.05) is 37.7 Å². The monoisotopic (exact) mass is 498 g/mol.